The Balaban J connectivity index is 0.000000200. The van der Waals surface area contributed by atoms with Crippen LogP contribution in [0.25, 0.3) is 0 Å². The third kappa shape index (κ3) is 17.2. The Kier molecular flexibility index (Phi) is 21.4. The number of hydrogen-bond donors (Lipinski definition) is 7. The fourth-order valence-corrected chi connectivity index (χ4v) is 8.35. The molecule has 0 unspecified atom stereocenters. The van der Waals surface area contributed by atoms with Gasteiger partial charge in [0, 0.05) is 42.7 Å². The van der Waals surface area contributed by atoms with Crippen LogP contribution >= 0.6 is 0 Å². The van der Waals surface area contributed by atoms with Crippen molar-refractivity contribution in [3.63, 3.8) is 0 Å². The molecule has 1 aromatic heterocycles. The summed E-state index contributed by atoms with van der Waals surface area (Å²) >= 11 is 0. The zero-order valence-electron chi connectivity index (χ0n) is 38.5. The summed E-state index contributed by atoms with van der Waals surface area (Å²) < 4.78 is 15.8. The van der Waals surface area contributed by atoms with Crippen molar-refractivity contribution in [3.8, 4) is 5.88 Å². The summed E-state index contributed by atoms with van der Waals surface area (Å²) in [7, 11) is 0. The molecule has 2 heterocycles. The first kappa shape index (κ1) is 52.8. The average Bonchev–Trinajstić information content (AvgIpc) is 3.35. The number of rotatable bonds is 13. The van der Waals surface area contributed by atoms with Gasteiger partial charge in [0.25, 0.3) is 0 Å². The molecule has 2 aliphatic carbocycles. The molecule has 2 amide bonds. The van der Waals surface area contributed by atoms with Gasteiger partial charge in [-0.1, -0.05) is 135 Å². The number of aliphatic hydroxyl groups is 3. The molecular formula is C54H70N6O8. The summed E-state index contributed by atoms with van der Waals surface area (Å²) in [6.45, 7) is 8.95. The van der Waals surface area contributed by atoms with Crippen molar-refractivity contribution in [2.75, 3.05) is 6.61 Å². The maximum absolute atomic E-state index is 12.0. The molecule has 2 fully saturated rings. The second kappa shape index (κ2) is 27.6. The Bertz CT molecular complexity index is 2130. The van der Waals surface area contributed by atoms with Crippen molar-refractivity contribution < 1.29 is 39.1 Å². The molecule has 2 saturated carbocycles. The van der Waals surface area contributed by atoms with E-state index < -0.39 is 24.4 Å². The number of carbonyl (C=O) groups is 2. The van der Waals surface area contributed by atoms with Gasteiger partial charge < -0.3 is 50.8 Å². The van der Waals surface area contributed by atoms with Gasteiger partial charge in [0.1, 0.15) is 25.5 Å². The van der Waals surface area contributed by atoms with Crippen molar-refractivity contribution in [3.05, 3.63) is 173 Å². The Morgan fingerprint density at radius 1 is 0.691 bits per heavy atom. The summed E-state index contributed by atoms with van der Waals surface area (Å²) in [6.07, 6.45) is 4.66. The van der Waals surface area contributed by atoms with Crippen LogP contribution in [0.2, 0.25) is 0 Å². The lowest BCUT2D eigenvalue weighted by Gasteiger charge is -2.35. The van der Waals surface area contributed by atoms with Gasteiger partial charge in [0.15, 0.2) is 0 Å². The molecule has 8 atom stereocenters. The van der Waals surface area contributed by atoms with Crippen LogP contribution in [0.3, 0.4) is 0 Å². The highest BCUT2D eigenvalue weighted by atomic mass is 16.6. The van der Waals surface area contributed by atoms with Crippen LogP contribution in [0.1, 0.15) is 106 Å². The minimum Gasteiger partial charge on any atom is -0.472 e. The third-order valence-electron chi connectivity index (χ3n) is 12.1. The average molecular weight is 931 g/mol. The third-order valence-corrected chi connectivity index (χ3v) is 12.1. The number of amides is 2. The number of aliphatic hydroxyl groups excluding tert-OH is 3. The first-order valence-electron chi connectivity index (χ1n) is 23.2. The predicted molar refractivity (Wildman–Crippen MR) is 263 cm³/mol. The van der Waals surface area contributed by atoms with Crippen LogP contribution in [-0.2, 0) is 35.7 Å². The topological polar surface area (TPSA) is 196 Å². The highest BCUT2D eigenvalue weighted by molar-refractivity contribution is 5.68. The Hall–Kier alpha value is -6.16. The number of benzene rings is 4. The number of aromatic nitrogens is 2. The molecule has 0 spiro atoms. The highest BCUT2D eigenvalue weighted by Gasteiger charge is 2.32. The molecule has 0 radical (unpaired) electrons. The van der Waals surface area contributed by atoms with E-state index in [1.54, 1.807) is 0 Å². The SMILES string of the molecule is C.C=C1COc2ncc(CO)nc2C1.C[C@H](N[C@@H]1CC[C@@H](NC(=O)OCc2ccccc2)C[C@H]1O)c1ccccc1.C[C@H](N[C@H]1CC[C@H](NC(=O)OCc2ccccc2)C[C@@H]1O)c1ccccc1. The van der Waals surface area contributed by atoms with Crippen molar-refractivity contribution >= 4 is 12.2 Å². The molecular weight excluding hydrogens is 861 g/mol. The zero-order valence-corrected chi connectivity index (χ0v) is 38.5. The molecule has 8 rings (SSSR count). The summed E-state index contributed by atoms with van der Waals surface area (Å²) in [5.41, 5.74) is 6.63. The minimum absolute atomic E-state index is 0. The van der Waals surface area contributed by atoms with Crippen LogP contribution in [0, 0.1) is 0 Å². The first-order chi connectivity index (χ1) is 32.5. The van der Waals surface area contributed by atoms with E-state index in [9.17, 15) is 19.8 Å². The Morgan fingerprint density at radius 3 is 1.53 bits per heavy atom. The number of nitrogens with zero attached hydrogens (tertiary/aromatic N) is 2. The summed E-state index contributed by atoms with van der Waals surface area (Å²) in [5.74, 6) is 0.560. The van der Waals surface area contributed by atoms with Gasteiger partial charge in [-0.3, -0.25) is 0 Å². The molecule has 14 heteroatoms. The molecule has 7 N–H and O–H groups in total. The maximum Gasteiger partial charge on any atom is 0.407 e. The molecule has 14 nitrogen and oxygen atoms in total. The number of hydrogen-bond acceptors (Lipinski definition) is 12. The lowest BCUT2D eigenvalue weighted by atomic mass is 9.88. The second-order valence-electron chi connectivity index (χ2n) is 17.4. The van der Waals surface area contributed by atoms with Crippen LogP contribution < -0.4 is 26.0 Å². The summed E-state index contributed by atoms with van der Waals surface area (Å²) in [5, 5.41) is 42.6. The molecule has 1 aliphatic heterocycles. The van der Waals surface area contributed by atoms with Crippen LogP contribution in [0.4, 0.5) is 9.59 Å². The number of fused-ring (bicyclic) bond motifs is 1. The fourth-order valence-electron chi connectivity index (χ4n) is 8.35. The molecule has 0 bridgehead atoms. The summed E-state index contributed by atoms with van der Waals surface area (Å²) in [4.78, 5) is 32.2. The Morgan fingerprint density at radius 2 is 1.12 bits per heavy atom. The van der Waals surface area contributed by atoms with Gasteiger partial charge in [0.05, 0.1) is 30.7 Å². The standard InChI is InChI=1S/2C22H28N2O3.C9H10N2O2.CH4/c2*1-16(18-10-6-3-7-11-18)23-20-13-12-19(14-21(20)25)24-22(26)27-15-17-8-4-2-5-9-17;1-6-2-8-9(13-5-6)10-3-7(4-12)11-8;/h2*2-11,16,19-21,23,25H,12-15H2,1H3,(H,24,26);3,12H,1-2,4-5H2;1H4/t16-,19+,20+,21+;16-,19-,20-,21-;;/m00../s1. The highest BCUT2D eigenvalue weighted by Crippen LogP contribution is 2.25. The van der Waals surface area contributed by atoms with E-state index in [1.807, 2.05) is 97.1 Å². The Labute approximate surface area is 401 Å². The lowest BCUT2D eigenvalue weighted by molar-refractivity contribution is 0.0663. The van der Waals surface area contributed by atoms with Crippen LogP contribution in [-0.4, -0.2) is 80.5 Å². The van der Waals surface area contributed by atoms with Crippen LogP contribution in [0.5, 0.6) is 5.88 Å². The molecule has 364 valence electrons. The smallest absolute Gasteiger partial charge is 0.407 e. The van der Waals surface area contributed by atoms with Gasteiger partial charge in [-0.25, -0.2) is 19.6 Å². The van der Waals surface area contributed by atoms with Crippen molar-refractivity contribution in [1.82, 2.24) is 31.2 Å². The molecule has 5 aromatic rings. The lowest BCUT2D eigenvalue weighted by Crippen LogP contribution is -2.50. The fraction of sp³-hybridized carbons (Fsp3) is 0.407. The molecule has 68 heavy (non-hydrogen) atoms. The van der Waals surface area contributed by atoms with E-state index >= 15 is 0 Å². The maximum atomic E-state index is 12.0. The predicted octanol–water partition coefficient (Wildman–Crippen LogP) is 8.19. The first-order valence-corrected chi connectivity index (χ1v) is 23.2. The van der Waals surface area contributed by atoms with Gasteiger partial charge >= 0.3 is 12.2 Å². The van der Waals surface area contributed by atoms with Gasteiger partial charge in [-0.05, 0) is 80.2 Å². The van der Waals surface area contributed by atoms with Gasteiger partial charge in [-0.15, -0.1) is 0 Å². The van der Waals surface area contributed by atoms with E-state index in [1.165, 1.54) is 17.3 Å². The van der Waals surface area contributed by atoms with E-state index in [4.69, 9.17) is 19.3 Å². The van der Waals surface area contributed by atoms with E-state index in [-0.39, 0.29) is 63.5 Å². The largest absolute Gasteiger partial charge is 0.472 e. The van der Waals surface area contributed by atoms with Crippen molar-refractivity contribution in [2.24, 2.45) is 0 Å². The van der Waals surface area contributed by atoms with Gasteiger partial charge in [0.2, 0.25) is 5.88 Å². The van der Waals surface area contributed by atoms with Crippen molar-refractivity contribution in [2.45, 2.75) is 134 Å². The number of alkyl carbamates (subject to hydrolysis) is 2. The molecule has 0 saturated heterocycles. The second-order valence-corrected chi connectivity index (χ2v) is 17.4. The van der Waals surface area contributed by atoms with E-state index in [0.717, 1.165) is 48.1 Å². The number of ether oxygens (including phenoxy) is 3. The van der Waals surface area contributed by atoms with Crippen molar-refractivity contribution in [1.29, 1.82) is 0 Å². The van der Waals surface area contributed by atoms with Crippen LogP contribution in [0.15, 0.2) is 140 Å². The summed E-state index contributed by atoms with van der Waals surface area (Å²) in [6, 6.07) is 39.9. The normalized spacial score (nSPS) is 21.5. The number of nitrogens with one attached hydrogen (secondary N) is 4. The number of carbonyl (C=O) groups excluding carboxylic acids is 2. The quantitative estimate of drug-likeness (QED) is 0.0561. The van der Waals surface area contributed by atoms with Gasteiger partial charge in [-0.2, -0.15) is 0 Å². The monoisotopic (exact) mass is 931 g/mol. The minimum atomic E-state index is -0.496. The van der Waals surface area contributed by atoms with E-state index in [0.29, 0.717) is 37.4 Å². The molecule has 3 aliphatic rings. The molecule has 4 aromatic carbocycles. The van der Waals surface area contributed by atoms with E-state index in [2.05, 4.69) is 75.9 Å². The zero-order chi connectivity index (χ0) is 47.4.